The SMILES string of the molecule is CCOC(=O)c1nc(NC(=O)c2ccc(C(F)(F)F)cc2)nc2nn(C(C)C)cc12. The average molecular weight is 421 g/mol. The molecule has 0 unspecified atom stereocenters. The highest BCUT2D eigenvalue weighted by atomic mass is 19.4. The second-order valence-corrected chi connectivity index (χ2v) is 6.59. The summed E-state index contributed by atoms with van der Waals surface area (Å²) >= 11 is 0. The molecule has 8 nitrogen and oxygen atoms in total. The van der Waals surface area contributed by atoms with Crippen LogP contribution in [0.4, 0.5) is 19.1 Å². The molecule has 2 heterocycles. The monoisotopic (exact) mass is 421 g/mol. The van der Waals surface area contributed by atoms with E-state index in [-0.39, 0.29) is 35.5 Å². The summed E-state index contributed by atoms with van der Waals surface area (Å²) in [7, 11) is 0. The van der Waals surface area contributed by atoms with Crippen LogP contribution in [-0.4, -0.2) is 38.2 Å². The highest BCUT2D eigenvalue weighted by Gasteiger charge is 2.30. The number of hydrogen-bond donors (Lipinski definition) is 1. The Labute approximate surface area is 169 Å². The Morgan fingerprint density at radius 1 is 1.17 bits per heavy atom. The average Bonchev–Trinajstić information content (AvgIpc) is 3.11. The van der Waals surface area contributed by atoms with Crippen LogP contribution in [0.2, 0.25) is 0 Å². The van der Waals surface area contributed by atoms with Crippen LogP contribution < -0.4 is 5.32 Å². The lowest BCUT2D eigenvalue weighted by molar-refractivity contribution is -0.137. The number of nitrogens with one attached hydrogen (secondary N) is 1. The standard InChI is InChI=1S/C19H18F3N5O3/c1-4-30-17(29)14-13-9-27(10(2)3)26-15(13)24-18(23-14)25-16(28)11-5-7-12(8-6-11)19(20,21)22/h5-10H,4H2,1-3H3,(H,24,25,26,28). The van der Waals surface area contributed by atoms with Gasteiger partial charge in [0.15, 0.2) is 11.3 Å². The number of aromatic nitrogens is 4. The molecule has 0 saturated carbocycles. The van der Waals surface area contributed by atoms with Crippen molar-refractivity contribution in [2.75, 3.05) is 11.9 Å². The first-order valence-electron chi connectivity index (χ1n) is 9.02. The molecule has 0 bridgehead atoms. The molecule has 0 atom stereocenters. The Hall–Kier alpha value is -3.50. The quantitative estimate of drug-likeness (QED) is 0.628. The van der Waals surface area contributed by atoms with E-state index in [1.54, 1.807) is 17.8 Å². The number of alkyl halides is 3. The Kier molecular flexibility index (Phi) is 5.72. The summed E-state index contributed by atoms with van der Waals surface area (Å²) in [4.78, 5) is 32.9. The minimum atomic E-state index is -4.51. The Balaban J connectivity index is 1.95. The van der Waals surface area contributed by atoms with Gasteiger partial charge < -0.3 is 4.74 Å². The smallest absolute Gasteiger partial charge is 0.416 e. The van der Waals surface area contributed by atoms with Gasteiger partial charge in [-0.3, -0.25) is 14.8 Å². The number of ether oxygens (including phenoxy) is 1. The van der Waals surface area contributed by atoms with Crippen LogP contribution in [0, 0.1) is 0 Å². The first kappa shape index (κ1) is 21.2. The number of nitrogens with zero attached hydrogens (tertiary/aromatic N) is 4. The molecule has 0 aliphatic carbocycles. The van der Waals surface area contributed by atoms with Crippen LogP contribution in [0.25, 0.3) is 11.0 Å². The first-order valence-corrected chi connectivity index (χ1v) is 9.02. The predicted molar refractivity (Wildman–Crippen MR) is 101 cm³/mol. The van der Waals surface area contributed by atoms with Gasteiger partial charge >= 0.3 is 12.1 Å². The van der Waals surface area contributed by atoms with E-state index in [0.717, 1.165) is 24.3 Å². The fourth-order valence-electron chi connectivity index (χ4n) is 2.58. The summed E-state index contributed by atoms with van der Waals surface area (Å²) in [6, 6.07) is 3.66. The number of fused-ring (bicyclic) bond motifs is 1. The third-order valence-electron chi connectivity index (χ3n) is 4.09. The van der Waals surface area contributed by atoms with Gasteiger partial charge in [0, 0.05) is 17.8 Å². The number of rotatable bonds is 5. The van der Waals surface area contributed by atoms with Crippen molar-refractivity contribution in [3.8, 4) is 0 Å². The second-order valence-electron chi connectivity index (χ2n) is 6.59. The number of benzene rings is 1. The van der Waals surface area contributed by atoms with Crippen molar-refractivity contribution in [3.63, 3.8) is 0 Å². The van der Waals surface area contributed by atoms with Crippen molar-refractivity contribution in [1.82, 2.24) is 19.7 Å². The molecule has 0 spiro atoms. The minimum Gasteiger partial charge on any atom is -0.461 e. The van der Waals surface area contributed by atoms with Crippen LogP contribution in [-0.2, 0) is 10.9 Å². The lowest BCUT2D eigenvalue weighted by Gasteiger charge is -2.08. The Morgan fingerprint density at radius 3 is 2.40 bits per heavy atom. The molecular formula is C19H18F3N5O3. The topological polar surface area (TPSA) is 99.0 Å². The third-order valence-corrected chi connectivity index (χ3v) is 4.09. The summed E-state index contributed by atoms with van der Waals surface area (Å²) in [5, 5.41) is 7.02. The molecule has 2 aromatic heterocycles. The van der Waals surface area contributed by atoms with Gasteiger partial charge in [0.2, 0.25) is 5.95 Å². The minimum absolute atomic E-state index is 0.0144. The zero-order chi connectivity index (χ0) is 22.1. The van der Waals surface area contributed by atoms with E-state index in [0.29, 0.717) is 5.39 Å². The van der Waals surface area contributed by atoms with E-state index in [1.807, 2.05) is 13.8 Å². The molecule has 158 valence electrons. The van der Waals surface area contributed by atoms with Gasteiger partial charge in [0.05, 0.1) is 17.6 Å². The van der Waals surface area contributed by atoms with Crippen molar-refractivity contribution in [2.45, 2.75) is 33.0 Å². The largest absolute Gasteiger partial charge is 0.461 e. The van der Waals surface area contributed by atoms with Crippen molar-refractivity contribution >= 4 is 28.9 Å². The molecule has 1 aromatic carbocycles. The fraction of sp³-hybridized carbons (Fsp3) is 0.316. The number of hydrogen-bond acceptors (Lipinski definition) is 6. The molecule has 3 aromatic rings. The molecule has 0 fully saturated rings. The van der Waals surface area contributed by atoms with Crippen molar-refractivity contribution in [2.24, 2.45) is 0 Å². The lowest BCUT2D eigenvalue weighted by Crippen LogP contribution is -2.17. The second kappa shape index (κ2) is 8.09. The van der Waals surface area contributed by atoms with Crippen LogP contribution in [0.3, 0.4) is 0 Å². The number of carbonyl (C=O) groups is 2. The highest BCUT2D eigenvalue weighted by Crippen LogP contribution is 2.29. The van der Waals surface area contributed by atoms with Crippen LogP contribution >= 0.6 is 0 Å². The molecule has 3 rings (SSSR count). The maximum atomic E-state index is 12.7. The van der Waals surface area contributed by atoms with E-state index in [4.69, 9.17) is 4.74 Å². The van der Waals surface area contributed by atoms with Gasteiger partial charge in [-0.2, -0.15) is 23.3 Å². The summed E-state index contributed by atoms with van der Waals surface area (Å²) in [5.41, 5.74) is -0.807. The Bertz CT molecular complexity index is 1090. The molecule has 0 saturated heterocycles. The molecular weight excluding hydrogens is 403 g/mol. The normalized spacial score (nSPS) is 11.7. The number of anilines is 1. The number of amides is 1. The zero-order valence-electron chi connectivity index (χ0n) is 16.3. The first-order chi connectivity index (χ1) is 14.1. The van der Waals surface area contributed by atoms with Crippen molar-refractivity contribution in [1.29, 1.82) is 0 Å². The third kappa shape index (κ3) is 4.39. The summed E-state index contributed by atoms with van der Waals surface area (Å²) < 4.78 is 44.6. The molecule has 0 aliphatic rings. The molecule has 0 aliphatic heterocycles. The van der Waals surface area contributed by atoms with E-state index < -0.39 is 23.6 Å². The maximum Gasteiger partial charge on any atom is 0.416 e. The van der Waals surface area contributed by atoms with Crippen molar-refractivity contribution < 1.29 is 27.5 Å². The fourth-order valence-corrected chi connectivity index (χ4v) is 2.58. The maximum absolute atomic E-state index is 12.7. The highest BCUT2D eigenvalue weighted by molar-refractivity contribution is 6.05. The van der Waals surface area contributed by atoms with Gasteiger partial charge in [-0.25, -0.2) is 9.78 Å². The van der Waals surface area contributed by atoms with Gasteiger partial charge in [-0.05, 0) is 45.0 Å². The van der Waals surface area contributed by atoms with Crippen molar-refractivity contribution in [3.05, 3.63) is 47.3 Å². The predicted octanol–water partition coefficient (Wildman–Crippen LogP) is 3.86. The van der Waals surface area contributed by atoms with E-state index >= 15 is 0 Å². The van der Waals surface area contributed by atoms with E-state index in [1.165, 1.54) is 0 Å². The summed E-state index contributed by atoms with van der Waals surface area (Å²) in [5.74, 6) is -1.66. The molecule has 11 heteroatoms. The molecule has 0 radical (unpaired) electrons. The number of esters is 1. The van der Waals surface area contributed by atoms with Gasteiger partial charge in [-0.1, -0.05) is 0 Å². The molecule has 1 amide bonds. The van der Waals surface area contributed by atoms with Gasteiger partial charge in [-0.15, -0.1) is 0 Å². The van der Waals surface area contributed by atoms with Crippen LogP contribution in [0.5, 0.6) is 0 Å². The van der Waals surface area contributed by atoms with E-state index in [9.17, 15) is 22.8 Å². The summed E-state index contributed by atoms with van der Waals surface area (Å²) in [6.07, 6.45) is -2.90. The Morgan fingerprint density at radius 2 is 1.83 bits per heavy atom. The molecule has 30 heavy (non-hydrogen) atoms. The van der Waals surface area contributed by atoms with Gasteiger partial charge in [0.25, 0.3) is 5.91 Å². The lowest BCUT2D eigenvalue weighted by atomic mass is 10.1. The van der Waals surface area contributed by atoms with Crippen LogP contribution in [0.1, 0.15) is 53.2 Å². The van der Waals surface area contributed by atoms with Gasteiger partial charge in [0.1, 0.15) is 0 Å². The van der Waals surface area contributed by atoms with E-state index in [2.05, 4.69) is 20.4 Å². The molecule has 1 N–H and O–H groups in total. The zero-order valence-corrected chi connectivity index (χ0v) is 16.3. The summed E-state index contributed by atoms with van der Waals surface area (Å²) in [6.45, 7) is 5.53. The number of carbonyl (C=O) groups excluding carboxylic acids is 2. The van der Waals surface area contributed by atoms with Crippen LogP contribution in [0.15, 0.2) is 30.5 Å². The number of halogens is 3.